The minimum Gasteiger partial charge on any atom is -0.259 e. The van der Waals surface area contributed by atoms with E-state index in [0.717, 1.165) is 0 Å². The lowest BCUT2D eigenvalue weighted by Gasteiger charge is -2.01. The van der Waals surface area contributed by atoms with Crippen molar-refractivity contribution in [3.05, 3.63) is 43.9 Å². The van der Waals surface area contributed by atoms with Crippen LogP contribution in [0.15, 0.2) is 16.7 Å². The van der Waals surface area contributed by atoms with E-state index in [0.29, 0.717) is 12.1 Å². The molecule has 6 heteroatoms. The molecule has 0 amide bonds. The Hall–Kier alpha value is -1.30. The molecule has 1 aliphatic carbocycles. The minimum atomic E-state index is -0.615. The summed E-state index contributed by atoms with van der Waals surface area (Å²) in [6.45, 7) is 0. The number of allylic oxidation sites excluding steroid dienone is 1. The van der Waals surface area contributed by atoms with E-state index in [1.54, 1.807) is 0 Å². The molecule has 0 N–H and O–H groups in total. The van der Waals surface area contributed by atoms with Crippen molar-refractivity contribution in [3.8, 4) is 0 Å². The van der Waals surface area contributed by atoms with Crippen molar-refractivity contribution in [2.24, 2.45) is 0 Å². The highest BCUT2D eigenvalue weighted by Crippen LogP contribution is 2.31. The van der Waals surface area contributed by atoms with Gasteiger partial charge in [-0.2, -0.15) is 0 Å². The molecule has 0 aliphatic heterocycles. The van der Waals surface area contributed by atoms with Crippen LogP contribution in [0.4, 0.5) is 4.39 Å². The average Bonchev–Trinajstić information content (AvgIpc) is 2.55. The maximum absolute atomic E-state index is 13.5. The highest BCUT2D eigenvalue weighted by molar-refractivity contribution is 9.10. The van der Waals surface area contributed by atoms with Gasteiger partial charge in [0.25, 0.3) is 5.70 Å². The van der Waals surface area contributed by atoms with Crippen molar-refractivity contribution in [3.63, 3.8) is 0 Å². The Morgan fingerprint density at radius 1 is 1.64 bits per heavy atom. The lowest BCUT2D eigenvalue weighted by atomic mass is 10.2. The van der Waals surface area contributed by atoms with Gasteiger partial charge >= 0.3 is 0 Å². The van der Waals surface area contributed by atoms with Crippen molar-refractivity contribution >= 4 is 21.6 Å². The van der Waals surface area contributed by atoms with E-state index < -0.39 is 10.7 Å². The number of fused-ring (bicyclic) bond motifs is 1. The predicted octanol–water partition coefficient (Wildman–Crippen LogP) is 2.16. The first-order valence-corrected chi connectivity index (χ1v) is 4.58. The molecule has 4 nitrogen and oxygen atoms in total. The van der Waals surface area contributed by atoms with E-state index in [1.165, 1.54) is 12.3 Å². The zero-order valence-corrected chi connectivity index (χ0v) is 8.41. The van der Waals surface area contributed by atoms with Crippen LogP contribution in [0.25, 0.3) is 5.70 Å². The third-order valence-corrected chi connectivity index (χ3v) is 2.55. The molecular formula is C8H4BrFN2O2. The van der Waals surface area contributed by atoms with Gasteiger partial charge in [-0.25, -0.2) is 4.39 Å². The van der Waals surface area contributed by atoms with Crippen molar-refractivity contribution in [2.75, 3.05) is 0 Å². The SMILES string of the molecule is O=[N+]([O-])C1=CCc2ncc(Br)c(F)c21. The summed E-state index contributed by atoms with van der Waals surface area (Å²) in [6, 6.07) is 0. The summed E-state index contributed by atoms with van der Waals surface area (Å²) >= 11 is 2.94. The number of nitrogens with zero attached hydrogens (tertiary/aromatic N) is 2. The van der Waals surface area contributed by atoms with Crippen LogP contribution in [0, 0.1) is 15.9 Å². The second-order valence-electron chi connectivity index (χ2n) is 2.79. The molecule has 0 spiro atoms. The van der Waals surface area contributed by atoms with Gasteiger partial charge in [-0.3, -0.25) is 15.1 Å². The van der Waals surface area contributed by atoms with Crippen LogP contribution in [0.5, 0.6) is 0 Å². The topological polar surface area (TPSA) is 56.0 Å². The fourth-order valence-corrected chi connectivity index (χ4v) is 1.68. The molecule has 2 rings (SSSR count). The van der Waals surface area contributed by atoms with E-state index in [1.807, 2.05) is 0 Å². The number of hydrogen-bond donors (Lipinski definition) is 0. The summed E-state index contributed by atoms with van der Waals surface area (Å²) in [6.07, 6.45) is 2.99. The molecule has 0 radical (unpaired) electrons. The van der Waals surface area contributed by atoms with Crippen molar-refractivity contribution in [1.29, 1.82) is 0 Å². The summed E-state index contributed by atoms with van der Waals surface area (Å²) in [7, 11) is 0. The molecular weight excluding hydrogens is 255 g/mol. The van der Waals surface area contributed by atoms with Gasteiger partial charge in [-0.15, -0.1) is 0 Å². The van der Waals surface area contributed by atoms with E-state index in [-0.39, 0.29) is 15.7 Å². The first kappa shape index (κ1) is 9.26. The Labute approximate surface area is 86.7 Å². The van der Waals surface area contributed by atoms with Crippen LogP contribution in [0.1, 0.15) is 11.3 Å². The lowest BCUT2D eigenvalue weighted by molar-refractivity contribution is -0.375. The molecule has 1 aromatic rings. The number of nitro groups is 1. The van der Waals surface area contributed by atoms with Gasteiger partial charge in [-0.05, 0) is 15.9 Å². The van der Waals surface area contributed by atoms with Crippen molar-refractivity contribution in [1.82, 2.24) is 4.98 Å². The molecule has 0 bridgehead atoms. The van der Waals surface area contributed by atoms with Crippen LogP contribution in [-0.2, 0) is 6.42 Å². The Morgan fingerprint density at radius 3 is 3.00 bits per heavy atom. The Morgan fingerprint density at radius 2 is 2.36 bits per heavy atom. The van der Waals surface area contributed by atoms with Crippen molar-refractivity contribution < 1.29 is 9.31 Å². The molecule has 0 fully saturated rings. The van der Waals surface area contributed by atoms with Gasteiger partial charge in [0.2, 0.25) is 0 Å². The maximum Gasteiger partial charge on any atom is 0.277 e. The fraction of sp³-hybridized carbons (Fsp3) is 0.125. The summed E-state index contributed by atoms with van der Waals surface area (Å²) in [5.41, 5.74) is 0.216. The monoisotopic (exact) mass is 258 g/mol. The quantitative estimate of drug-likeness (QED) is 0.573. The minimum absolute atomic E-state index is 0.00405. The van der Waals surface area contributed by atoms with Crippen molar-refractivity contribution in [2.45, 2.75) is 6.42 Å². The van der Waals surface area contributed by atoms with Gasteiger partial charge < -0.3 is 0 Å². The molecule has 1 aromatic heterocycles. The number of hydrogen-bond acceptors (Lipinski definition) is 3. The molecule has 14 heavy (non-hydrogen) atoms. The van der Waals surface area contributed by atoms with Gasteiger partial charge in [0.1, 0.15) is 5.56 Å². The first-order chi connectivity index (χ1) is 6.61. The first-order valence-electron chi connectivity index (χ1n) is 3.79. The summed E-state index contributed by atoms with van der Waals surface area (Å²) in [4.78, 5) is 13.9. The second kappa shape index (κ2) is 3.13. The van der Waals surface area contributed by atoms with Crippen LogP contribution >= 0.6 is 15.9 Å². The van der Waals surface area contributed by atoms with Gasteiger partial charge in [0.05, 0.1) is 15.1 Å². The molecule has 0 unspecified atom stereocenters. The molecule has 0 saturated heterocycles. The third-order valence-electron chi connectivity index (χ3n) is 1.99. The fourth-order valence-electron chi connectivity index (χ4n) is 1.38. The van der Waals surface area contributed by atoms with Gasteiger partial charge in [0, 0.05) is 18.7 Å². The van der Waals surface area contributed by atoms with E-state index in [4.69, 9.17) is 0 Å². The molecule has 1 aliphatic rings. The zero-order chi connectivity index (χ0) is 10.3. The number of pyridine rings is 1. The Kier molecular flexibility index (Phi) is 2.07. The number of rotatable bonds is 1. The average molecular weight is 259 g/mol. The predicted molar refractivity (Wildman–Crippen MR) is 50.6 cm³/mol. The lowest BCUT2D eigenvalue weighted by Crippen LogP contribution is -2.01. The molecule has 72 valence electrons. The van der Waals surface area contributed by atoms with Crippen LogP contribution in [0.2, 0.25) is 0 Å². The van der Waals surface area contributed by atoms with E-state index >= 15 is 0 Å². The van der Waals surface area contributed by atoms with Crippen LogP contribution in [0.3, 0.4) is 0 Å². The van der Waals surface area contributed by atoms with Gasteiger partial charge in [-0.1, -0.05) is 0 Å². The summed E-state index contributed by atoms with van der Waals surface area (Å²) < 4.78 is 13.6. The zero-order valence-electron chi connectivity index (χ0n) is 6.83. The third kappa shape index (κ3) is 1.22. The van der Waals surface area contributed by atoms with Crippen LogP contribution < -0.4 is 0 Å². The van der Waals surface area contributed by atoms with E-state index in [2.05, 4.69) is 20.9 Å². The molecule has 0 aromatic carbocycles. The Balaban J connectivity index is 2.65. The summed E-state index contributed by atoms with van der Waals surface area (Å²) in [5, 5.41) is 10.6. The number of aromatic nitrogens is 1. The summed E-state index contributed by atoms with van der Waals surface area (Å²) in [5.74, 6) is -0.615. The standard InChI is InChI=1S/C8H4BrFN2O2/c9-4-3-11-5-1-2-6(12(13)14)7(5)8(4)10/h2-3H,1H2. The maximum atomic E-state index is 13.5. The number of halogens is 2. The molecule has 0 atom stereocenters. The highest BCUT2D eigenvalue weighted by atomic mass is 79.9. The van der Waals surface area contributed by atoms with E-state index in [9.17, 15) is 14.5 Å². The molecule has 1 heterocycles. The van der Waals surface area contributed by atoms with Crippen LogP contribution in [-0.4, -0.2) is 9.91 Å². The molecule has 0 saturated carbocycles. The second-order valence-corrected chi connectivity index (χ2v) is 3.65. The smallest absolute Gasteiger partial charge is 0.259 e. The normalized spacial score (nSPS) is 13.7. The Bertz CT molecular complexity index is 459. The largest absolute Gasteiger partial charge is 0.277 e. The van der Waals surface area contributed by atoms with Gasteiger partial charge in [0.15, 0.2) is 5.82 Å². The highest BCUT2D eigenvalue weighted by Gasteiger charge is 2.29.